The number of hydrogen-bond acceptors (Lipinski definition) is 3. The third kappa shape index (κ3) is 5.11. The first-order valence-electron chi connectivity index (χ1n) is 5.46. The summed E-state index contributed by atoms with van der Waals surface area (Å²) in [6.07, 6.45) is 5.31. The molecule has 2 unspecified atom stereocenters. The molecule has 0 spiro atoms. The van der Waals surface area contributed by atoms with Crippen molar-refractivity contribution in [1.29, 1.82) is 0 Å². The molecule has 0 rings (SSSR count). The second-order valence-electron chi connectivity index (χ2n) is 3.52. The highest BCUT2D eigenvalue weighted by Crippen LogP contribution is 2.59. The topological polar surface area (TPSA) is 49.4 Å². The third-order valence-electron chi connectivity index (χ3n) is 2.27. The van der Waals surface area contributed by atoms with Gasteiger partial charge in [-0.2, -0.15) is 0 Å². The minimum Gasteiger partial charge on any atom is -0.273 e. The van der Waals surface area contributed by atoms with Crippen LogP contribution in [-0.4, -0.2) is 29.9 Å². The molecule has 0 aromatic carbocycles. The summed E-state index contributed by atoms with van der Waals surface area (Å²) < 4.78 is 13.8. The Kier molecular flexibility index (Phi) is 7.51. The van der Waals surface area contributed by atoms with Crippen molar-refractivity contribution in [3.8, 4) is 0 Å². The van der Waals surface area contributed by atoms with Gasteiger partial charge in [0.1, 0.15) is 0 Å². The Morgan fingerprint density at radius 3 is 2.65 bits per heavy atom. The number of carbonyl (C=O) groups excluding carboxylic acids is 1. The zero-order valence-electron chi connectivity index (χ0n) is 10.8. The first kappa shape index (κ1) is 16.5. The van der Waals surface area contributed by atoms with Gasteiger partial charge in [0.2, 0.25) is 0 Å². The van der Waals surface area contributed by atoms with E-state index in [0.29, 0.717) is 0 Å². The molecular formula is C11H21N2O2PS. The van der Waals surface area contributed by atoms with E-state index < -0.39 is 6.65 Å². The maximum Gasteiger partial charge on any atom is 0.294 e. The summed E-state index contributed by atoms with van der Waals surface area (Å²) >= 11 is 1.31. The first-order valence-corrected chi connectivity index (χ1v) is 8.60. The number of carbonyl (C=O) groups is 1. The summed E-state index contributed by atoms with van der Waals surface area (Å²) in [6.45, 7) is 4.61. The van der Waals surface area contributed by atoms with Crippen molar-refractivity contribution >= 4 is 23.9 Å². The largest absolute Gasteiger partial charge is 0.294 e. The molecule has 4 nitrogen and oxygen atoms in total. The van der Waals surface area contributed by atoms with Gasteiger partial charge in [0.25, 0.3) is 12.6 Å². The van der Waals surface area contributed by atoms with Crippen molar-refractivity contribution in [1.82, 2.24) is 9.76 Å². The quantitative estimate of drug-likeness (QED) is 0.441. The van der Waals surface area contributed by atoms with Crippen LogP contribution >= 0.6 is 18.0 Å². The van der Waals surface area contributed by atoms with Crippen LogP contribution in [0.3, 0.4) is 0 Å². The summed E-state index contributed by atoms with van der Waals surface area (Å²) in [7, 11) is 3.15. The van der Waals surface area contributed by atoms with Crippen LogP contribution in [0.4, 0.5) is 0 Å². The van der Waals surface area contributed by atoms with Crippen LogP contribution in [0.1, 0.15) is 20.3 Å². The number of hydrogen-bond donors (Lipinski definition) is 1. The summed E-state index contributed by atoms with van der Waals surface area (Å²) in [5, 5.41) is 2.99. The number of rotatable bonds is 7. The Bertz CT molecular complexity index is 344. The van der Waals surface area contributed by atoms with E-state index in [1.54, 1.807) is 14.1 Å². The number of allylic oxidation sites excluding steroid dienone is 2. The van der Waals surface area contributed by atoms with E-state index in [1.807, 2.05) is 13.8 Å². The average Bonchev–Trinajstić information content (AvgIpc) is 2.34. The van der Waals surface area contributed by atoms with E-state index in [4.69, 9.17) is 0 Å². The lowest BCUT2D eigenvalue weighted by Gasteiger charge is -2.27. The van der Waals surface area contributed by atoms with E-state index in [2.05, 4.69) is 11.7 Å². The molecule has 0 aliphatic rings. The fraction of sp³-hybridized carbons (Fsp3) is 0.545. The fourth-order valence-electron chi connectivity index (χ4n) is 0.980. The summed E-state index contributed by atoms with van der Waals surface area (Å²) in [6, 6.07) is 0. The van der Waals surface area contributed by atoms with E-state index in [-0.39, 0.29) is 11.2 Å². The number of nitrogens with one attached hydrogen (secondary N) is 1. The molecule has 6 heteroatoms. The Hall–Kier alpha value is -0.510. The molecule has 17 heavy (non-hydrogen) atoms. The molecule has 0 saturated carbocycles. The molecule has 98 valence electrons. The Balaban J connectivity index is 4.85. The van der Waals surface area contributed by atoms with Gasteiger partial charge in [-0.3, -0.25) is 14.0 Å². The van der Waals surface area contributed by atoms with Crippen molar-refractivity contribution in [3.63, 3.8) is 0 Å². The van der Waals surface area contributed by atoms with Crippen molar-refractivity contribution in [2.45, 2.75) is 25.5 Å². The van der Waals surface area contributed by atoms with Crippen LogP contribution in [0.2, 0.25) is 0 Å². The smallest absolute Gasteiger partial charge is 0.273 e. The fourth-order valence-corrected chi connectivity index (χ4v) is 5.38. The highest BCUT2D eigenvalue weighted by molar-refractivity contribution is 8.57. The Labute approximate surface area is 108 Å². The maximum atomic E-state index is 12.6. The zero-order chi connectivity index (χ0) is 13.5. The van der Waals surface area contributed by atoms with Crippen LogP contribution in [0.15, 0.2) is 24.8 Å². The highest BCUT2D eigenvalue weighted by atomic mass is 32.7. The summed E-state index contributed by atoms with van der Waals surface area (Å²) in [4.78, 5) is 11.7. The molecule has 2 atom stereocenters. The molecule has 1 amide bonds. The summed E-state index contributed by atoms with van der Waals surface area (Å²) in [5.41, 5.74) is 0. The van der Waals surface area contributed by atoms with E-state index in [0.717, 1.165) is 6.42 Å². The van der Waals surface area contributed by atoms with Crippen molar-refractivity contribution in [2.24, 2.45) is 0 Å². The summed E-state index contributed by atoms with van der Waals surface area (Å²) in [5.74, 6) is -0.293. The van der Waals surface area contributed by atoms with E-state index in [1.165, 1.54) is 34.3 Å². The second-order valence-corrected chi connectivity index (χ2v) is 8.75. The predicted molar refractivity (Wildman–Crippen MR) is 76.1 cm³/mol. The number of amides is 1. The highest BCUT2D eigenvalue weighted by Gasteiger charge is 2.31. The van der Waals surface area contributed by atoms with E-state index >= 15 is 0 Å². The number of nitrogens with zero attached hydrogens (tertiary/aromatic N) is 1. The van der Waals surface area contributed by atoms with Crippen molar-refractivity contribution < 1.29 is 9.36 Å². The molecule has 1 N–H and O–H groups in total. The van der Waals surface area contributed by atoms with Gasteiger partial charge in [-0.15, -0.1) is 0 Å². The van der Waals surface area contributed by atoms with Gasteiger partial charge in [-0.1, -0.05) is 44.0 Å². The lowest BCUT2D eigenvalue weighted by molar-refractivity contribution is -0.120. The lowest BCUT2D eigenvalue weighted by atomic mass is 10.4. The second kappa shape index (κ2) is 7.75. The van der Waals surface area contributed by atoms with Gasteiger partial charge < -0.3 is 0 Å². The predicted octanol–water partition coefficient (Wildman–Crippen LogP) is 3.05. The van der Waals surface area contributed by atoms with E-state index in [9.17, 15) is 9.36 Å². The minimum atomic E-state index is -2.90. The van der Waals surface area contributed by atoms with Crippen LogP contribution in [-0.2, 0) is 9.36 Å². The van der Waals surface area contributed by atoms with Gasteiger partial charge in [0, 0.05) is 18.4 Å². The van der Waals surface area contributed by atoms with Crippen LogP contribution < -0.4 is 5.09 Å². The van der Waals surface area contributed by atoms with Crippen molar-refractivity contribution in [2.75, 3.05) is 14.1 Å². The molecule has 0 bridgehead atoms. The number of likely N-dealkylation sites (N-methyl/N-ethyl adjacent to an activating group) is 1. The van der Waals surface area contributed by atoms with Crippen molar-refractivity contribution in [3.05, 3.63) is 24.8 Å². The third-order valence-corrected chi connectivity index (χ3v) is 8.02. The molecule has 0 heterocycles. The Morgan fingerprint density at radius 2 is 2.24 bits per heavy atom. The van der Waals surface area contributed by atoms with Gasteiger partial charge >= 0.3 is 0 Å². The molecular weight excluding hydrogens is 255 g/mol. The standard InChI is InChI=1S/C11H21N2O2PS/c1-6-8-9-11(14)13(5)16(15,12-4)17-10(3)7-2/h6,8-10H,1,7H2,2-5H3,(H,12,15). The molecule has 0 radical (unpaired) electrons. The van der Waals surface area contributed by atoms with Gasteiger partial charge in [-0.05, 0) is 13.5 Å². The van der Waals surface area contributed by atoms with Crippen LogP contribution in [0.5, 0.6) is 0 Å². The molecule has 0 aromatic heterocycles. The van der Waals surface area contributed by atoms with Gasteiger partial charge in [-0.25, -0.2) is 5.09 Å². The average molecular weight is 276 g/mol. The van der Waals surface area contributed by atoms with Gasteiger partial charge in [0.15, 0.2) is 0 Å². The molecule has 0 aromatic rings. The molecule has 0 saturated heterocycles. The maximum absolute atomic E-state index is 12.6. The zero-order valence-corrected chi connectivity index (χ0v) is 12.6. The minimum absolute atomic E-state index is 0.229. The van der Waals surface area contributed by atoms with Crippen LogP contribution in [0, 0.1) is 0 Å². The first-order chi connectivity index (χ1) is 7.91. The molecule has 0 aliphatic heterocycles. The van der Waals surface area contributed by atoms with Crippen LogP contribution in [0.25, 0.3) is 0 Å². The normalized spacial score (nSPS) is 16.5. The SMILES string of the molecule is C=CC=CC(=O)N(C)P(=O)(NC)SC(C)CC. The monoisotopic (exact) mass is 276 g/mol. The van der Waals surface area contributed by atoms with Gasteiger partial charge in [0.05, 0.1) is 0 Å². The molecule has 0 aliphatic carbocycles. The molecule has 0 fully saturated rings. The Morgan fingerprint density at radius 1 is 1.65 bits per heavy atom. The lowest BCUT2D eigenvalue weighted by Crippen LogP contribution is -2.26.